The van der Waals surface area contributed by atoms with E-state index in [1.54, 1.807) is 18.2 Å². The lowest BCUT2D eigenvalue weighted by atomic mass is 10.0. The molecule has 1 N–H and O–H groups in total. The summed E-state index contributed by atoms with van der Waals surface area (Å²) in [5, 5.41) is 2.65. The number of pyridine rings is 1. The molecular weight excluding hydrogens is 541 g/mol. The number of rotatable bonds is 5. The lowest BCUT2D eigenvalue weighted by Crippen LogP contribution is -2.45. The fraction of sp³-hybridized carbons (Fsp3) is 0.345. The zero-order valence-electron chi connectivity index (χ0n) is 21.9. The smallest absolute Gasteiger partial charge is 0.371 e. The van der Waals surface area contributed by atoms with Crippen LogP contribution in [0.3, 0.4) is 0 Å². The molecule has 0 unspecified atom stereocenters. The van der Waals surface area contributed by atoms with E-state index in [9.17, 15) is 22.8 Å². The van der Waals surface area contributed by atoms with Gasteiger partial charge in [-0.05, 0) is 35.9 Å². The maximum Gasteiger partial charge on any atom is 0.493 e. The number of aromatic nitrogens is 2. The molecule has 2 saturated heterocycles. The van der Waals surface area contributed by atoms with E-state index in [1.807, 2.05) is 24.3 Å². The monoisotopic (exact) mass is 568 g/mol. The Balaban J connectivity index is 1.27. The fourth-order valence-electron chi connectivity index (χ4n) is 5.46. The van der Waals surface area contributed by atoms with E-state index in [-0.39, 0.29) is 29.9 Å². The van der Waals surface area contributed by atoms with Crippen molar-refractivity contribution in [3.05, 3.63) is 71.2 Å². The molecule has 2 fully saturated rings. The number of halogens is 3. The lowest BCUT2D eigenvalue weighted by Gasteiger charge is -2.39. The van der Waals surface area contributed by atoms with Crippen LogP contribution in [0.15, 0.2) is 48.7 Å². The van der Waals surface area contributed by atoms with Crippen LogP contribution in [0.5, 0.6) is 0 Å². The Morgan fingerprint density at radius 3 is 2.59 bits per heavy atom. The number of piperidine rings is 1. The largest absolute Gasteiger partial charge is 0.493 e. The Kier molecular flexibility index (Phi) is 7.04. The molecule has 1 aromatic carbocycles. The number of nitrogens with zero attached hydrogens (tertiary/aromatic N) is 3. The van der Waals surface area contributed by atoms with E-state index in [4.69, 9.17) is 14.3 Å². The van der Waals surface area contributed by atoms with Crippen LogP contribution < -0.4 is 15.1 Å². The van der Waals surface area contributed by atoms with Gasteiger partial charge in [-0.15, -0.1) is 0 Å². The molecule has 1 amide bonds. The average molecular weight is 569 g/mol. The summed E-state index contributed by atoms with van der Waals surface area (Å²) in [5.74, 6) is -3.30. The Bertz CT molecular complexity index is 1500. The highest BCUT2D eigenvalue weighted by Gasteiger charge is 2.43. The zero-order valence-corrected chi connectivity index (χ0v) is 21.9. The molecule has 3 aromatic rings. The van der Waals surface area contributed by atoms with Gasteiger partial charge in [0.2, 0.25) is 0 Å². The van der Waals surface area contributed by atoms with Crippen molar-refractivity contribution in [2.24, 2.45) is 0 Å². The van der Waals surface area contributed by atoms with Crippen LogP contribution in [0.1, 0.15) is 40.2 Å². The summed E-state index contributed by atoms with van der Waals surface area (Å²) < 4.78 is 51.7. The number of carbonyl (C=O) groups excluding carboxylic acids is 2. The van der Waals surface area contributed by atoms with Crippen LogP contribution in [-0.4, -0.2) is 66.4 Å². The number of anilines is 1. The number of benzene rings is 1. The van der Waals surface area contributed by atoms with Crippen LogP contribution >= 0.6 is 0 Å². The third-order valence-electron chi connectivity index (χ3n) is 7.48. The number of carbonyl (C=O) groups is 2. The SMILES string of the molecule is O=C1NCCc2c1cc(-c1ccnc(/C=C/c3ccccc3N3CCC4(CC3)OCCO4)c1)n2OC(=O)C(F)(F)F. The first-order valence-electron chi connectivity index (χ1n) is 13.3. The first kappa shape index (κ1) is 27.0. The number of hydrogen-bond donors (Lipinski definition) is 1. The first-order chi connectivity index (χ1) is 19.7. The van der Waals surface area contributed by atoms with Gasteiger partial charge in [-0.25, -0.2) is 4.79 Å². The molecule has 0 radical (unpaired) electrons. The summed E-state index contributed by atoms with van der Waals surface area (Å²) in [6.07, 6.45) is 1.79. The van der Waals surface area contributed by atoms with Crippen LogP contribution in [0.4, 0.5) is 18.9 Å². The van der Waals surface area contributed by atoms with Crippen molar-refractivity contribution in [3.63, 3.8) is 0 Å². The molecule has 6 rings (SSSR count). The van der Waals surface area contributed by atoms with Crippen LogP contribution in [0, 0.1) is 0 Å². The van der Waals surface area contributed by atoms with E-state index >= 15 is 0 Å². The summed E-state index contributed by atoms with van der Waals surface area (Å²) >= 11 is 0. The van der Waals surface area contributed by atoms with Crippen molar-refractivity contribution in [1.29, 1.82) is 0 Å². The summed E-state index contributed by atoms with van der Waals surface area (Å²) in [5.41, 5.74) is 3.48. The summed E-state index contributed by atoms with van der Waals surface area (Å²) in [4.78, 5) is 35.6. The summed E-state index contributed by atoms with van der Waals surface area (Å²) in [6, 6.07) is 12.6. The molecule has 2 aromatic heterocycles. The number of fused-ring (bicyclic) bond motifs is 1. The molecule has 0 atom stereocenters. The van der Waals surface area contributed by atoms with Crippen molar-refractivity contribution in [1.82, 2.24) is 15.0 Å². The predicted molar refractivity (Wildman–Crippen MR) is 143 cm³/mol. The van der Waals surface area contributed by atoms with Crippen LogP contribution in [-0.2, 0) is 20.7 Å². The van der Waals surface area contributed by atoms with Crippen molar-refractivity contribution < 1.29 is 37.1 Å². The molecule has 0 aliphatic carbocycles. The molecule has 0 saturated carbocycles. The Morgan fingerprint density at radius 2 is 1.83 bits per heavy atom. The quantitative estimate of drug-likeness (QED) is 0.500. The van der Waals surface area contributed by atoms with Crippen molar-refractivity contribution in [3.8, 4) is 11.3 Å². The second-order valence-electron chi connectivity index (χ2n) is 10.0. The molecule has 0 bridgehead atoms. The minimum absolute atomic E-state index is 0.140. The maximum atomic E-state index is 13.1. The molecule has 3 aliphatic heterocycles. The number of hydrogen-bond acceptors (Lipinski definition) is 7. The van der Waals surface area contributed by atoms with Crippen LogP contribution in [0.2, 0.25) is 0 Å². The van der Waals surface area contributed by atoms with E-state index in [2.05, 4.69) is 21.3 Å². The Hall–Kier alpha value is -4.16. The molecule has 5 heterocycles. The average Bonchev–Trinajstić information content (AvgIpc) is 3.58. The van der Waals surface area contributed by atoms with Gasteiger partial charge in [0.1, 0.15) is 0 Å². The van der Waals surface area contributed by atoms with Gasteiger partial charge < -0.3 is 24.5 Å². The topological polar surface area (TPSA) is 94.9 Å². The minimum atomic E-state index is -5.20. The minimum Gasteiger partial charge on any atom is -0.371 e. The second-order valence-corrected chi connectivity index (χ2v) is 10.0. The maximum absolute atomic E-state index is 13.1. The molecule has 214 valence electrons. The number of ether oxygens (including phenoxy) is 2. The van der Waals surface area contributed by atoms with Gasteiger partial charge in [-0.2, -0.15) is 17.9 Å². The van der Waals surface area contributed by atoms with Gasteiger partial charge in [0, 0.05) is 56.3 Å². The Morgan fingerprint density at radius 1 is 1.07 bits per heavy atom. The van der Waals surface area contributed by atoms with E-state index in [1.165, 1.54) is 12.3 Å². The third-order valence-corrected chi connectivity index (χ3v) is 7.48. The van der Waals surface area contributed by atoms with E-state index in [0.717, 1.165) is 41.9 Å². The van der Waals surface area contributed by atoms with Gasteiger partial charge in [0.05, 0.1) is 35.9 Å². The first-order valence-corrected chi connectivity index (χ1v) is 13.3. The lowest BCUT2D eigenvalue weighted by molar-refractivity contribution is -0.199. The highest BCUT2D eigenvalue weighted by atomic mass is 19.4. The third kappa shape index (κ3) is 5.44. The molecule has 3 aliphatic rings. The standard InChI is InChI=1S/C29H27F3N4O5/c30-29(31,32)27(38)41-36-24-8-12-34-26(37)22(24)18-25(36)20-7-11-33-21(17-20)6-5-19-3-1-2-4-23(19)35-13-9-28(10-14-35)39-15-16-40-28/h1-7,11,17-18H,8-10,12-16H2,(H,34,37)/b6-5+. The van der Waals surface area contributed by atoms with Crippen molar-refractivity contribution >= 4 is 29.7 Å². The van der Waals surface area contributed by atoms with Gasteiger partial charge in [-0.1, -0.05) is 24.3 Å². The van der Waals surface area contributed by atoms with Gasteiger partial charge in [-0.3, -0.25) is 9.78 Å². The number of nitrogens with one attached hydrogen (secondary N) is 1. The number of amides is 1. The molecule has 12 heteroatoms. The van der Waals surface area contributed by atoms with Crippen molar-refractivity contribution in [2.75, 3.05) is 37.7 Å². The van der Waals surface area contributed by atoms with E-state index in [0.29, 0.717) is 24.5 Å². The zero-order chi connectivity index (χ0) is 28.6. The summed E-state index contributed by atoms with van der Waals surface area (Å²) in [7, 11) is 0. The molecule has 9 nitrogen and oxygen atoms in total. The van der Waals surface area contributed by atoms with Crippen LogP contribution in [0.25, 0.3) is 23.4 Å². The highest BCUT2D eigenvalue weighted by Crippen LogP contribution is 2.35. The normalized spacial score (nSPS) is 18.5. The number of alkyl halides is 3. The second kappa shape index (κ2) is 10.7. The number of para-hydroxylation sites is 1. The Labute approximate surface area is 233 Å². The van der Waals surface area contributed by atoms with E-state index < -0.39 is 23.8 Å². The van der Waals surface area contributed by atoms with Gasteiger partial charge in [0.25, 0.3) is 5.91 Å². The molecular formula is C29H27F3N4O5. The molecule has 1 spiro atoms. The summed E-state index contributed by atoms with van der Waals surface area (Å²) in [6.45, 7) is 3.02. The predicted octanol–water partition coefficient (Wildman–Crippen LogP) is 3.87. The van der Waals surface area contributed by atoms with Crippen molar-refractivity contribution in [2.45, 2.75) is 31.2 Å². The fourth-order valence-corrected chi connectivity index (χ4v) is 5.46. The molecule has 41 heavy (non-hydrogen) atoms. The van der Waals surface area contributed by atoms with Gasteiger partial charge >= 0.3 is 12.1 Å². The highest BCUT2D eigenvalue weighted by molar-refractivity contribution is 5.98. The van der Waals surface area contributed by atoms with Gasteiger partial charge in [0.15, 0.2) is 5.79 Å².